The number of anilines is 1. The van der Waals surface area contributed by atoms with Gasteiger partial charge in [-0.1, -0.05) is 24.3 Å². The van der Waals surface area contributed by atoms with Crippen LogP contribution in [0, 0.1) is 6.92 Å². The van der Waals surface area contributed by atoms with Crippen LogP contribution in [-0.2, 0) is 17.8 Å². The molecule has 0 aliphatic rings. The molecule has 0 bridgehead atoms. The fourth-order valence-electron chi connectivity index (χ4n) is 1.96. The third kappa shape index (κ3) is 3.57. The molecule has 0 aliphatic heterocycles. The Bertz CT molecular complexity index is 593. The van der Waals surface area contributed by atoms with Crippen molar-refractivity contribution in [1.82, 2.24) is 9.88 Å². The summed E-state index contributed by atoms with van der Waals surface area (Å²) in [4.78, 5) is 18.0. The summed E-state index contributed by atoms with van der Waals surface area (Å²) < 4.78 is 0. The van der Waals surface area contributed by atoms with Crippen LogP contribution in [0.3, 0.4) is 0 Å². The number of nitrogen functional groups attached to an aromatic ring is 1. The Kier molecular flexibility index (Phi) is 4.35. The Balaban J connectivity index is 1.99. The maximum atomic E-state index is 12.2. The molecule has 0 aliphatic carbocycles. The van der Waals surface area contributed by atoms with Crippen LogP contribution in [0.15, 0.2) is 42.6 Å². The van der Waals surface area contributed by atoms with E-state index in [4.69, 9.17) is 5.73 Å². The molecule has 1 amide bonds. The highest BCUT2D eigenvalue weighted by atomic mass is 16.2. The van der Waals surface area contributed by atoms with E-state index in [0.717, 1.165) is 11.3 Å². The number of benzene rings is 1. The van der Waals surface area contributed by atoms with Gasteiger partial charge in [-0.3, -0.25) is 9.78 Å². The van der Waals surface area contributed by atoms with Crippen molar-refractivity contribution in [2.75, 3.05) is 12.8 Å². The Morgan fingerprint density at radius 2 is 2.00 bits per heavy atom. The van der Waals surface area contributed by atoms with Gasteiger partial charge in [-0.25, -0.2) is 0 Å². The SMILES string of the molecule is Cc1ccccc1CN(C)C(=O)Cc1ccc(N)cn1. The van der Waals surface area contributed by atoms with Crippen molar-refractivity contribution in [2.45, 2.75) is 19.9 Å². The molecule has 20 heavy (non-hydrogen) atoms. The average Bonchev–Trinajstić information content (AvgIpc) is 2.44. The number of carbonyl (C=O) groups is 1. The van der Waals surface area contributed by atoms with E-state index in [1.54, 1.807) is 23.2 Å². The zero-order valence-corrected chi connectivity index (χ0v) is 11.8. The number of rotatable bonds is 4. The third-order valence-electron chi connectivity index (χ3n) is 3.27. The van der Waals surface area contributed by atoms with Crippen molar-refractivity contribution in [2.24, 2.45) is 0 Å². The van der Waals surface area contributed by atoms with Crippen LogP contribution in [0.25, 0.3) is 0 Å². The zero-order valence-electron chi connectivity index (χ0n) is 11.8. The number of nitrogens with two attached hydrogens (primary N) is 1. The van der Waals surface area contributed by atoms with E-state index in [9.17, 15) is 4.79 Å². The van der Waals surface area contributed by atoms with Crippen molar-refractivity contribution in [1.29, 1.82) is 0 Å². The lowest BCUT2D eigenvalue weighted by atomic mass is 10.1. The molecule has 4 nitrogen and oxygen atoms in total. The molecule has 0 spiro atoms. The number of amides is 1. The third-order valence-corrected chi connectivity index (χ3v) is 3.27. The lowest BCUT2D eigenvalue weighted by Crippen LogP contribution is -2.28. The lowest BCUT2D eigenvalue weighted by Gasteiger charge is -2.18. The number of aryl methyl sites for hydroxylation is 1. The normalized spacial score (nSPS) is 10.3. The van der Waals surface area contributed by atoms with Gasteiger partial charge in [0.2, 0.25) is 5.91 Å². The van der Waals surface area contributed by atoms with Crippen LogP contribution in [0.5, 0.6) is 0 Å². The monoisotopic (exact) mass is 269 g/mol. The minimum Gasteiger partial charge on any atom is -0.397 e. The Labute approximate surface area is 119 Å². The highest BCUT2D eigenvalue weighted by molar-refractivity contribution is 5.78. The van der Waals surface area contributed by atoms with Gasteiger partial charge in [0.25, 0.3) is 0 Å². The molecule has 104 valence electrons. The van der Waals surface area contributed by atoms with Gasteiger partial charge in [0.05, 0.1) is 18.3 Å². The molecular weight excluding hydrogens is 250 g/mol. The summed E-state index contributed by atoms with van der Waals surface area (Å²) in [6, 6.07) is 11.6. The lowest BCUT2D eigenvalue weighted by molar-refractivity contribution is -0.129. The second kappa shape index (κ2) is 6.19. The van der Waals surface area contributed by atoms with Crippen molar-refractivity contribution in [3.63, 3.8) is 0 Å². The first-order chi connectivity index (χ1) is 9.56. The van der Waals surface area contributed by atoms with Crippen LogP contribution < -0.4 is 5.73 Å². The summed E-state index contributed by atoms with van der Waals surface area (Å²) in [6.45, 7) is 2.66. The second-order valence-corrected chi connectivity index (χ2v) is 4.94. The molecule has 0 atom stereocenters. The van der Waals surface area contributed by atoms with Crippen LogP contribution in [0.2, 0.25) is 0 Å². The molecule has 0 saturated carbocycles. The average molecular weight is 269 g/mol. The highest BCUT2D eigenvalue weighted by Crippen LogP contribution is 2.10. The molecule has 0 fully saturated rings. The van der Waals surface area contributed by atoms with Crippen LogP contribution in [-0.4, -0.2) is 22.8 Å². The van der Waals surface area contributed by atoms with Crippen LogP contribution >= 0.6 is 0 Å². The van der Waals surface area contributed by atoms with Crippen molar-refractivity contribution >= 4 is 11.6 Å². The van der Waals surface area contributed by atoms with Gasteiger partial charge < -0.3 is 10.6 Å². The number of aromatic nitrogens is 1. The molecule has 1 heterocycles. The summed E-state index contributed by atoms with van der Waals surface area (Å²) in [5, 5.41) is 0. The molecule has 0 saturated heterocycles. The van der Waals surface area contributed by atoms with Gasteiger partial charge in [0.1, 0.15) is 0 Å². The summed E-state index contributed by atoms with van der Waals surface area (Å²) in [5.41, 5.74) is 9.27. The maximum absolute atomic E-state index is 12.2. The quantitative estimate of drug-likeness (QED) is 0.925. The van der Waals surface area contributed by atoms with E-state index in [0.29, 0.717) is 18.7 Å². The molecule has 4 heteroatoms. The number of hydrogen-bond donors (Lipinski definition) is 1. The van der Waals surface area contributed by atoms with E-state index in [-0.39, 0.29) is 5.91 Å². The summed E-state index contributed by atoms with van der Waals surface area (Å²) in [5.74, 6) is 0.0468. The molecule has 0 unspecified atom stereocenters. The fourth-order valence-corrected chi connectivity index (χ4v) is 1.96. The van der Waals surface area contributed by atoms with Gasteiger partial charge in [0.15, 0.2) is 0 Å². The first-order valence-corrected chi connectivity index (χ1v) is 6.55. The Morgan fingerprint density at radius 1 is 1.25 bits per heavy atom. The minimum atomic E-state index is 0.0468. The molecule has 2 N–H and O–H groups in total. The first-order valence-electron chi connectivity index (χ1n) is 6.55. The number of nitrogens with zero attached hydrogens (tertiary/aromatic N) is 2. The predicted molar refractivity (Wildman–Crippen MR) is 80.0 cm³/mol. The predicted octanol–water partition coefficient (Wildman–Crippen LogP) is 2.17. The molecule has 2 rings (SSSR count). The van der Waals surface area contributed by atoms with Crippen LogP contribution in [0.1, 0.15) is 16.8 Å². The Hall–Kier alpha value is -2.36. The number of likely N-dealkylation sites (N-methyl/N-ethyl adjacent to an activating group) is 1. The Morgan fingerprint density at radius 3 is 2.65 bits per heavy atom. The van der Waals surface area contributed by atoms with Gasteiger partial charge in [0, 0.05) is 19.3 Å². The minimum absolute atomic E-state index is 0.0468. The largest absolute Gasteiger partial charge is 0.397 e. The molecule has 2 aromatic rings. The van der Waals surface area contributed by atoms with Crippen LogP contribution in [0.4, 0.5) is 5.69 Å². The van der Waals surface area contributed by atoms with Gasteiger partial charge in [-0.05, 0) is 30.2 Å². The summed E-state index contributed by atoms with van der Waals surface area (Å²) in [7, 11) is 1.81. The van der Waals surface area contributed by atoms with Crippen molar-refractivity contribution < 1.29 is 4.79 Å². The molecule has 0 radical (unpaired) electrons. The topological polar surface area (TPSA) is 59.2 Å². The van der Waals surface area contributed by atoms with Gasteiger partial charge in [-0.2, -0.15) is 0 Å². The zero-order chi connectivity index (χ0) is 14.5. The number of carbonyl (C=O) groups excluding carboxylic acids is 1. The fraction of sp³-hybridized carbons (Fsp3) is 0.250. The van der Waals surface area contributed by atoms with E-state index < -0.39 is 0 Å². The van der Waals surface area contributed by atoms with Gasteiger partial charge >= 0.3 is 0 Å². The number of hydrogen-bond acceptors (Lipinski definition) is 3. The molecule has 1 aromatic carbocycles. The second-order valence-electron chi connectivity index (χ2n) is 4.94. The number of pyridine rings is 1. The van der Waals surface area contributed by atoms with Gasteiger partial charge in [-0.15, -0.1) is 0 Å². The smallest absolute Gasteiger partial charge is 0.228 e. The van der Waals surface area contributed by atoms with E-state index in [1.807, 2.05) is 25.2 Å². The van der Waals surface area contributed by atoms with Crippen molar-refractivity contribution in [3.05, 3.63) is 59.4 Å². The summed E-state index contributed by atoms with van der Waals surface area (Å²) >= 11 is 0. The van der Waals surface area contributed by atoms with Crippen molar-refractivity contribution in [3.8, 4) is 0 Å². The highest BCUT2D eigenvalue weighted by Gasteiger charge is 2.11. The van der Waals surface area contributed by atoms with E-state index >= 15 is 0 Å². The standard InChI is InChI=1S/C16H19N3O/c1-12-5-3-4-6-13(12)11-19(2)16(20)9-15-8-7-14(17)10-18-15/h3-8,10H,9,11,17H2,1-2H3. The molecular formula is C16H19N3O. The van der Waals surface area contributed by atoms with E-state index in [1.165, 1.54) is 5.56 Å². The maximum Gasteiger partial charge on any atom is 0.228 e. The van der Waals surface area contributed by atoms with E-state index in [2.05, 4.69) is 18.0 Å². The first kappa shape index (κ1) is 14.1. The molecule has 1 aromatic heterocycles. The summed E-state index contributed by atoms with van der Waals surface area (Å²) in [6.07, 6.45) is 1.87.